The zero-order chi connectivity index (χ0) is 16.0. The molecule has 1 fully saturated rings. The van der Waals surface area contributed by atoms with Gasteiger partial charge in [-0.3, -0.25) is 4.79 Å². The van der Waals surface area contributed by atoms with Crippen molar-refractivity contribution >= 4 is 15.8 Å². The average molecular weight is 326 g/mol. The van der Waals surface area contributed by atoms with Crippen LogP contribution in [0.5, 0.6) is 11.5 Å². The molecular weight excluding hydrogens is 308 g/mol. The maximum absolute atomic E-state index is 12.3. The van der Waals surface area contributed by atoms with Gasteiger partial charge in [0.25, 0.3) is 0 Å². The van der Waals surface area contributed by atoms with Gasteiger partial charge in [-0.2, -0.15) is 0 Å². The van der Waals surface area contributed by atoms with Gasteiger partial charge in [-0.25, -0.2) is 8.42 Å². The van der Waals surface area contributed by atoms with Crippen LogP contribution in [0.25, 0.3) is 0 Å². The van der Waals surface area contributed by atoms with E-state index >= 15 is 0 Å². The predicted molar refractivity (Wildman–Crippen MR) is 78.3 cm³/mol. The molecule has 6 nitrogen and oxygen atoms in total. The molecule has 22 heavy (non-hydrogen) atoms. The van der Waals surface area contributed by atoms with Crippen molar-refractivity contribution in [3.8, 4) is 11.5 Å². The fourth-order valence-electron chi connectivity index (χ4n) is 3.41. The Hall–Kier alpha value is -1.76. The van der Waals surface area contributed by atoms with Crippen LogP contribution >= 0.6 is 0 Å². The lowest BCUT2D eigenvalue weighted by Gasteiger charge is -2.29. The fraction of sp³-hybridized carbons (Fsp3) is 0.533. The average Bonchev–Trinajstić information content (AvgIpc) is 2.95. The lowest BCUT2D eigenvalue weighted by atomic mass is 9.78. The van der Waals surface area contributed by atoms with Crippen LogP contribution in [0, 0.1) is 0 Å². The Morgan fingerprint density at radius 3 is 2.41 bits per heavy atom. The molecule has 1 aromatic carbocycles. The quantitative estimate of drug-likeness (QED) is 0.910. The Kier molecular flexibility index (Phi) is 3.55. The van der Waals surface area contributed by atoms with Crippen molar-refractivity contribution in [3.05, 3.63) is 17.7 Å². The maximum atomic E-state index is 12.3. The van der Waals surface area contributed by atoms with Crippen LogP contribution in [0.15, 0.2) is 17.0 Å². The Labute approximate surface area is 129 Å². The summed E-state index contributed by atoms with van der Waals surface area (Å²) in [4.78, 5) is 11.9. The van der Waals surface area contributed by atoms with Gasteiger partial charge in [-0.1, -0.05) is 18.9 Å². The van der Waals surface area contributed by atoms with Gasteiger partial charge in [0.05, 0.1) is 5.41 Å². The summed E-state index contributed by atoms with van der Waals surface area (Å²) >= 11 is 0. The van der Waals surface area contributed by atoms with E-state index in [-0.39, 0.29) is 17.3 Å². The second-order valence-corrected chi connectivity index (χ2v) is 7.79. The van der Waals surface area contributed by atoms with E-state index in [9.17, 15) is 18.3 Å². The number of rotatable bonds is 3. The van der Waals surface area contributed by atoms with Gasteiger partial charge in [0.15, 0.2) is 21.3 Å². The highest BCUT2D eigenvalue weighted by Crippen LogP contribution is 2.48. The summed E-state index contributed by atoms with van der Waals surface area (Å²) in [5.74, 6) is -0.473. The molecule has 0 saturated heterocycles. The van der Waals surface area contributed by atoms with Gasteiger partial charge in [0, 0.05) is 6.26 Å². The first kappa shape index (κ1) is 15.1. The highest BCUT2D eigenvalue weighted by molar-refractivity contribution is 7.90. The van der Waals surface area contributed by atoms with Crippen molar-refractivity contribution < 1.29 is 27.8 Å². The van der Waals surface area contributed by atoms with E-state index in [1.165, 1.54) is 0 Å². The number of carboxylic acids is 1. The first-order chi connectivity index (χ1) is 10.4. The number of hydrogen-bond donors (Lipinski definition) is 1. The molecule has 3 rings (SSSR count). The SMILES string of the molecule is CS(=O)(=O)c1c(C2(C(=O)O)CCCC2)ccc2c1OCCO2. The molecular formula is C15H18O6S. The van der Waals surface area contributed by atoms with Crippen LogP contribution < -0.4 is 9.47 Å². The maximum Gasteiger partial charge on any atom is 0.314 e. The molecule has 2 aliphatic rings. The topological polar surface area (TPSA) is 89.9 Å². The van der Waals surface area contributed by atoms with Gasteiger partial charge in [0.1, 0.15) is 18.1 Å². The van der Waals surface area contributed by atoms with Crippen LogP contribution in [-0.4, -0.2) is 39.0 Å². The summed E-state index contributed by atoms with van der Waals surface area (Å²) in [6.07, 6.45) is 3.48. The minimum Gasteiger partial charge on any atom is -0.486 e. The lowest BCUT2D eigenvalue weighted by Crippen LogP contribution is -2.34. The molecule has 0 unspecified atom stereocenters. The van der Waals surface area contributed by atoms with E-state index in [0.29, 0.717) is 30.8 Å². The third-order valence-electron chi connectivity index (χ3n) is 4.42. The number of aliphatic carboxylic acids is 1. The molecule has 0 atom stereocenters. The largest absolute Gasteiger partial charge is 0.486 e. The molecule has 1 saturated carbocycles. The van der Waals surface area contributed by atoms with Crippen molar-refractivity contribution in [2.75, 3.05) is 19.5 Å². The van der Waals surface area contributed by atoms with E-state index < -0.39 is 21.2 Å². The minimum atomic E-state index is -3.65. The molecule has 0 amide bonds. The van der Waals surface area contributed by atoms with Crippen LogP contribution in [-0.2, 0) is 20.0 Å². The standard InChI is InChI=1S/C15H18O6S/c1-22(18,19)13-10(15(14(16)17)6-2-3-7-15)4-5-11-12(13)21-9-8-20-11/h4-5H,2-3,6-9H2,1H3,(H,16,17). The van der Waals surface area contributed by atoms with E-state index in [2.05, 4.69) is 0 Å². The number of carboxylic acid groups (broad SMARTS) is 1. The highest BCUT2D eigenvalue weighted by atomic mass is 32.2. The second-order valence-electron chi connectivity index (χ2n) is 5.83. The molecule has 1 heterocycles. The number of fused-ring (bicyclic) bond motifs is 1. The summed E-state index contributed by atoms with van der Waals surface area (Å²) in [6.45, 7) is 0.596. The van der Waals surface area contributed by atoms with Crippen LogP contribution in [0.3, 0.4) is 0 Å². The molecule has 0 spiro atoms. The molecule has 0 radical (unpaired) electrons. The Balaban J connectivity index is 2.30. The first-order valence-corrected chi connectivity index (χ1v) is 9.12. The number of hydrogen-bond acceptors (Lipinski definition) is 5. The van der Waals surface area contributed by atoms with E-state index in [4.69, 9.17) is 9.47 Å². The van der Waals surface area contributed by atoms with Crippen molar-refractivity contribution in [1.82, 2.24) is 0 Å². The van der Waals surface area contributed by atoms with Gasteiger partial charge in [-0.05, 0) is 24.5 Å². The van der Waals surface area contributed by atoms with E-state index in [0.717, 1.165) is 19.1 Å². The Bertz CT molecular complexity index is 716. The minimum absolute atomic E-state index is 0.0333. The van der Waals surface area contributed by atoms with Crippen LogP contribution in [0.1, 0.15) is 31.2 Å². The molecule has 0 aromatic heterocycles. The molecule has 1 aliphatic carbocycles. The number of carbonyl (C=O) groups is 1. The van der Waals surface area contributed by atoms with Crippen molar-refractivity contribution in [2.45, 2.75) is 36.0 Å². The van der Waals surface area contributed by atoms with E-state index in [1.807, 2.05) is 0 Å². The lowest BCUT2D eigenvalue weighted by molar-refractivity contribution is -0.143. The summed E-state index contributed by atoms with van der Waals surface area (Å²) < 4.78 is 35.6. The van der Waals surface area contributed by atoms with Crippen molar-refractivity contribution in [2.24, 2.45) is 0 Å². The summed E-state index contributed by atoms with van der Waals surface area (Å²) in [5.41, 5.74) is -0.835. The fourth-order valence-corrected chi connectivity index (χ4v) is 4.57. The molecule has 1 aromatic rings. The second kappa shape index (κ2) is 5.15. The normalized spacial score (nSPS) is 19.9. The van der Waals surface area contributed by atoms with Gasteiger partial charge < -0.3 is 14.6 Å². The molecule has 120 valence electrons. The summed E-state index contributed by atoms with van der Waals surface area (Å²) in [6, 6.07) is 3.19. The highest BCUT2D eigenvalue weighted by Gasteiger charge is 2.47. The third-order valence-corrected chi connectivity index (χ3v) is 5.56. The smallest absolute Gasteiger partial charge is 0.314 e. The molecule has 0 bridgehead atoms. The summed E-state index contributed by atoms with van der Waals surface area (Å²) in [7, 11) is -3.65. The third kappa shape index (κ3) is 2.24. The number of benzene rings is 1. The summed E-state index contributed by atoms with van der Waals surface area (Å²) in [5, 5.41) is 9.74. The molecule has 1 N–H and O–H groups in total. The zero-order valence-corrected chi connectivity index (χ0v) is 13.1. The monoisotopic (exact) mass is 326 g/mol. The van der Waals surface area contributed by atoms with Crippen LogP contribution in [0.2, 0.25) is 0 Å². The number of sulfone groups is 1. The molecule has 7 heteroatoms. The van der Waals surface area contributed by atoms with Gasteiger partial charge in [-0.15, -0.1) is 0 Å². The van der Waals surface area contributed by atoms with E-state index in [1.54, 1.807) is 12.1 Å². The van der Waals surface area contributed by atoms with Gasteiger partial charge in [0.2, 0.25) is 0 Å². The Morgan fingerprint density at radius 2 is 1.82 bits per heavy atom. The Morgan fingerprint density at radius 1 is 1.18 bits per heavy atom. The zero-order valence-electron chi connectivity index (χ0n) is 12.3. The predicted octanol–water partition coefficient (Wildman–Crippen LogP) is 1.76. The molecule has 1 aliphatic heterocycles. The number of ether oxygens (including phenoxy) is 2. The van der Waals surface area contributed by atoms with Crippen molar-refractivity contribution in [3.63, 3.8) is 0 Å². The van der Waals surface area contributed by atoms with Crippen LogP contribution in [0.4, 0.5) is 0 Å². The van der Waals surface area contributed by atoms with Gasteiger partial charge >= 0.3 is 5.97 Å². The first-order valence-electron chi connectivity index (χ1n) is 7.23. The van der Waals surface area contributed by atoms with Crippen molar-refractivity contribution in [1.29, 1.82) is 0 Å².